The highest BCUT2D eigenvalue weighted by Crippen LogP contribution is 2.28. The van der Waals surface area contributed by atoms with Gasteiger partial charge in [0.25, 0.3) is 0 Å². The Balaban J connectivity index is 1.82. The summed E-state index contributed by atoms with van der Waals surface area (Å²) >= 11 is 0. The first-order chi connectivity index (χ1) is 12.0. The zero-order valence-corrected chi connectivity index (χ0v) is 16.8. The fourth-order valence-electron chi connectivity index (χ4n) is 3.75. The van der Waals surface area contributed by atoms with Crippen LogP contribution in [0.25, 0.3) is 0 Å². The van der Waals surface area contributed by atoms with Crippen LogP contribution in [0, 0.1) is 25.7 Å². The molecule has 0 aliphatic heterocycles. The second-order valence-corrected chi connectivity index (χ2v) is 7.65. The number of rotatable bonds is 7. The number of aryl methyl sites for hydroxylation is 2. The summed E-state index contributed by atoms with van der Waals surface area (Å²) in [6, 6.07) is 0. The first-order valence-electron chi connectivity index (χ1n) is 9.92. The Labute approximate surface area is 153 Å². The van der Waals surface area contributed by atoms with Crippen molar-refractivity contribution >= 4 is 5.96 Å². The minimum atomic E-state index is 0.812. The van der Waals surface area contributed by atoms with Gasteiger partial charge in [0.05, 0.1) is 5.69 Å². The van der Waals surface area contributed by atoms with Crippen molar-refractivity contribution in [2.75, 3.05) is 26.7 Å². The average Bonchev–Trinajstić information content (AvgIpc) is 2.91. The summed E-state index contributed by atoms with van der Waals surface area (Å²) in [6.07, 6.45) is 7.47. The zero-order chi connectivity index (χ0) is 18.2. The predicted octanol–water partition coefficient (Wildman–Crippen LogP) is 3.95. The van der Waals surface area contributed by atoms with Crippen LogP contribution in [0.4, 0.5) is 0 Å². The normalized spacial score (nSPS) is 21.4. The number of aliphatic imine (C=N–C) groups is 1. The number of hydrogen-bond acceptors (Lipinski definition) is 3. The third-order valence-electron chi connectivity index (χ3n) is 5.39. The quantitative estimate of drug-likeness (QED) is 0.460. The maximum atomic E-state index is 5.24. The van der Waals surface area contributed by atoms with E-state index < -0.39 is 0 Å². The molecule has 0 bridgehead atoms. The molecule has 25 heavy (non-hydrogen) atoms. The van der Waals surface area contributed by atoms with Crippen LogP contribution in [0.3, 0.4) is 0 Å². The molecule has 0 radical (unpaired) electrons. The van der Waals surface area contributed by atoms with E-state index in [2.05, 4.69) is 36.3 Å². The van der Waals surface area contributed by atoms with Gasteiger partial charge in [0.15, 0.2) is 5.96 Å². The van der Waals surface area contributed by atoms with Crippen LogP contribution < -0.4 is 5.32 Å². The van der Waals surface area contributed by atoms with E-state index in [9.17, 15) is 0 Å². The molecule has 142 valence electrons. The van der Waals surface area contributed by atoms with E-state index in [0.29, 0.717) is 0 Å². The van der Waals surface area contributed by atoms with Gasteiger partial charge in [0, 0.05) is 32.2 Å². The lowest BCUT2D eigenvalue weighted by atomic mass is 9.83. The summed E-state index contributed by atoms with van der Waals surface area (Å²) in [6.45, 7) is 11.4. The Hall–Kier alpha value is -1.52. The van der Waals surface area contributed by atoms with E-state index in [1.807, 2.05) is 13.8 Å². The number of guanidine groups is 1. The van der Waals surface area contributed by atoms with E-state index in [0.717, 1.165) is 61.7 Å². The van der Waals surface area contributed by atoms with Crippen LogP contribution in [0.2, 0.25) is 0 Å². The first kappa shape index (κ1) is 19.8. The van der Waals surface area contributed by atoms with Crippen LogP contribution in [0.1, 0.15) is 63.0 Å². The molecule has 1 saturated carbocycles. The Bertz CT molecular complexity index is 524. The van der Waals surface area contributed by atoms with Crippen molar-refractivity contribution in [1.29, 1.82) is 0 Å². The molecular weight excluding hydrogens is 312 g/mol. The Morgan fingerprint density at radius 2 is 2.00 bits per heavy atom. The number of aromatic nitrogens is 1. The molecule has 1 aliphatic rings. The molecule has 5 heteroatoms. The molecule has 5 nitrogen and oxygen atoms in total. The van der Waals surface area contributed by atoms with Gasteiger partial charge in [-0.15, -0.1) is 0 Å². The molecule has 0 unspecified atom stereocenters. The van der Waals surface area contributed by atoms with Gasteiger partial charge in [-0.3, -0.25) is 4.99 Å². The van der Waals surface area contributed by atoms with Crippen molar-refractivity contribution in [3.8, 4) is 0 Å². The topological polar surface area (TPSA) is 53.7 Å². The molecule has 0 atom stereocenters. The SMILES string of the molecule is CCNC(=NCCCc1c(C)noc1C)N(C)CC1CCC(C)CC1. The van der Waals surface area contributed by atoms with Crippen molar-refractivity contribution in [2.24, 2.45) is 16.8 Å². The Morgan fingerprint density at radius 3 is 2.60 bits per heavy atom. The summed E-state index contributed by atoms with van der Waals surface area (Å²) in [4.78, 5) is 7.15. The van der Waals surface area contributed by atoms with Crippen LogP contribution in [-0.4, -0.2) is 42.7 Å². The third-order valence-corrected chi connectivity index (χ3v) is 5.39. The molecule has 1 N–H and O–H groups in total. The van der Waals surface area contributed by atoms with Gasteiger partial charge in [-0.25, -0.2) is 0 Å². The van der Waals surface area contributed by atoms with Gasteiger partial charge in [-0.05, 0) is 58.3 Å². The molecule has 2 rings (SSSR count). The second-order valence-electron chi connectivity index (χ2n) is 7.65. The number of hydrogen-bond donors (Lipinski definition) is 1. The van der Waals surface area contributed by atoms with Gasteiger partial charge < -0.3 is 14.7 Å². The lowest BCUT2D eigenvalue weighted by Crippen LogP contribution is -2.42. The monoisotopic (exact) mass is 348 g/mol. The van der Waals surface area contributed by atoms with Crippen LogP contribution >= 0.6 is 0 Å². The highest BCUT2D eigenvalue weighted by atomic mass is 16.5. The van der Waals surface area contributed by atoms with Crippen LogP contribution in [0.5, 0.6) is 0 Å². The number of nitrogens with zero attached hydrogens (tertiary/aromatic N) is 3. The third kappa shape index (κ3) is 6.05. The largest absolute Gasteiger partial charge is 0.361 e. The lowest BCUT2D eigenvalue weighted by molar-refractivity contribution is 0.250. The van der Waals surface area contributed by atoms with Crippen molar-refractivity contribution in [3.05, 3.63) is 17.0 Å². The van der Waals surface area contributed by atoms with E-state index in [4.69, 9.17) is 9.52 Å². The minimum Gasteiger partial charge on any atom is -0.361 e. The van der Waals surface area contributed by atoms with E-state index >= 15 is 0 Å². The standard InChI is InChI=1S/C20H36N4O/c1-6-21-20(24(5)14-18-11-9-15(2)10-12-18)22-13-7-8-19-16(3)23-25-17(19)4/h15,18H,6-14H2,1-5H3,(H,21,22). The summed E-state index contributed by atoms with van der Waals surface area (Å²) in [5, 5.41) is 7.47. The highest BCUT2D eigenvalue weighted by Gasteiger charge is 2.20. The molecule has 1 fully saturated rings. The lowest BCUT2D eigenvalue weighted by Gasteiger charge is -2.31. The first-order valence-corrected chi connectivity index (χ1v) is 9.92. The molecule has 0 saturated heterocycles. The van der Waals surface area contributed by atoms with Crippen LogP contribution in [0.15, 0.2) is 9.52 Å². The molecule has 1 heterocycles. The molecule has 0 spiro atoms. The molecule has 0 aromatic carbocycles. The zero-order valence-electron chi connectivity index (χ0n) is 16.8. The highest BCUT2D eigenvalue weighted by molar-refractivity contribution is 5.79. The van der Waals surface area contributed by atoms with Crippen molar-refractivity contribution in [1.82, 2.24) is 15.4 Å². The second kappa shape index (κ2) is 9.83. The van der Waals surface area contributed by atoms with Gasteiger partial charge in [0.1, 0.15) is 5.76 Å². The van der Waals surface area contributed by atoms with Crippen molar-refractivity contribution in [3.63, 3.8) is 0 Å². The van der Waals surface area contributed by atoms with Gasteiger partial charge >= 0.3 is 0 Å². The average molecular weight is 349 g/mol. The van der Waals surface area contributed by atoms with E-state index in [-0.39, 0.29) is 0 Å². The fourth-order valence-corrected chi connectivity index (χ4v) is 3.75. The molecule has 1 aromatic rings. The predicted molar refractivity (Wildman–Crippen MR) is 104 cm³/mol. The maximum absolute atomic E-state index is 5.24. The smallest absolute Gasteiger partial charge is 0.193 e. The molecule has 1 aliphatic carbocycles. The van der Waals surface area contributed by atoms with Gasteiger partial charge in [-0.1, -0.05) is 24.9 Å². The molecule has 1 aromatic heterocycles. The molecular formula is C20H36N4O. The fraction of sp³-hybridized carbons (Fsp3) is 0.800. The van der Waals surface area contributed by atoms with Crippen LogP contribution in [-0.2, 0) is 6.42 Å². The van der Waals surface area contributed by atoms with Gasteiger partial charge in [0.2, 0.25) is 0 Å². The summed E-state index contributed by atoms with van der Waals surface area (Å²) in [7, 11) is 2.17. The Kier molecular flexibility index (Phi) is 7.79. The summed E-state index contributed by atoms with van der Waals surface area (Å²) in [5.74, 6) is 3.71. The summed E-state index contributed by atoms with van der Waals surface area (Å²) < 4.78 is 5.24. The van der Waals surface area contributed by atoms with Gasteiger partial charge in [-0.2, -0.15) is 0 Å². The van der Waals surface area contributed by atoms with E-state index in [1.165, 1.54) is 31.2 Å². The van der Waals surface area contributed by atoms with E-state index in [1.54, 1.807) is 0 Å². The minimum absolute atomic E-state index is 0.812. The molecule has 0 amide bonds. The maximum Gasteiger partial charge on any atom is 0.193 e. The summed E-state index contributed by atoms with van der Waals surface area (Å²) in [5.41, 5.74) is 2.25. The number of nitrogens with one attached hydrogen (secondary N) is 1. The Morgan fingerprint density at radius 1 is 1.28 bits per heavy atom. The van der Waals surface area contributed by atoms with Crippen molar-refractivity contribution in [2.45, 2.75) is 66.2 Å². The van der Waals surface area contributed by atoms with Crippen molar-refractivity contribution < 1.29 is 4.52 Å².